The largest absolute Gasteiger partial charge is 0.478 e. The Kier molecular flexibility index (Phi) is 3.01. The minimum atomic E-state index is -0.997. The van der Waals surface area contributed by atoms with Gasteiger partial charge < -0.3 is 5.11 Å². The quantitative estimate of drug-likeness (QED) is 0.604. The fourth-order valence-corrected chi connectivity index (χ4v) is 2.79. The molecular formula is C19H12N2O2. The van der Waals surface area contributed by atoms with Gasteiger partial charge in [0.2, 0.25) is 0 Å². The first-order valence-electron chi connectivity index (χ1n) is 7.21. The summed E-state index contributed by atoms with van der Waals surface area (Å²) in [6.07, 6.45) is 1.64. The molecule has 0 atom stereocenters. The molecule has 1 heterocycles. The van der Waals surface area contributed by atoms with Crippen LogP contribution < -0.4 is 0 Å². The number of benzene rings is 3. The van der Waals surface area contributed by atoms with Crippen LogP contribution in [-0.4, -0.2) is 21.0 Å². The van der Waals surface area contributed by atoms with Crippen molar-refractivity contribution in [3.05, 3.63) is 72.4 Å². The lowest BCUT2D eigenvalue weighted by Crippen LogP contribution is -2.00. The number of carboxylic acid groups (broad SMARTS) is 1. The molecule has 3 aromatic carbocycles. The summed E-state index contributed by atoms with van der Waals surface area (Å²) in [6, 6.07) is 19.1. The van der Waals surface area contributed by atoms with E-state index < -0.39 is 5.97 Å². The number of aromatic nitrogens is 2. The smallest absolute Gasteiger partial charge is 0.337 e. The van der Waals surface area contributed by atoms with Gasteiger partial charge in [0.15, 0.2) is 0 Å². The predicted molar refractivity (Wildman–Crippen MR) is 89.4 cm³/mol. The number of hydrogen-bond acceptors (Lipinski definition) is 3. The Morgan fingerprint density at radius 2 is 1.70 bits per heavy atom. The Labute approximate surface area is 132 Å². The zero-order valence-electron chi connectivity index (χ0n) is 12.1. The molecule has 0 aliphatic carbocycles. The molecule has 0 spiro atoms. The van der Waals surface area contributed by atoms with Crippen molar-refractivity contribution in [3.63, 3.8) is 0 Å². The second-order valence-corrected chi connectivity index (χ2v) is 5.26. The third-order valence-corrected chi connectivity index (χ3v) is 3.87. The summed E-state index contributed by atoms with van der Waals surface area (Å²) < 4.78 is 0. The fourth-order valence-electron chi connectivity index (χ4n) is 2.79. The van der Waals surface area contributed by atoms with Gasteiger partial charge in [0, 0.05) is 5.56 Å². The lowest BCUT2D eigenvalue weighted by Gasteiger charge is -2.07. The topological polar surface area (TPSA) is 63.1 Å². The van der Waals surface area contributed by atoms with Crippen LogP contribution in [0.5, 0.6) is 0 Å². The van der Waals surface area contributed by atoms with E-state index in [1.807, 2.05) is 30.3 Å². The molecule has 110 valence electrons. The number of aromatic carboxylic acids is 1. The van der Waals surface area contributed by atoms with E-state index in [2.05, 4.69) is 22.1 Å². The molecule has 0 saturated heterocycles. The molecule has 1 aromatic heterocycles. The summed E-state index contributed by atoms with van der Waals surface area (Å²) >= 11 is 0. The van der Waals surface area contributed by atoms with Crippen LogP contribution in [0.15, 0.2) is 66.9 Å². The maximum Gasteiger partial charge on any atom is 0.337 e. The number of carbonyl (C=O) groups is 1. The molecule has 0 aliphatic heterocycles. The lowest BCUT2D eigenvalue weighted by atomic mass is 10.0. The van der Waals surface area contributed by atoms with Crippen LogP contribution in [-0.2, 0) is 0 Å². The van der Waals surface area contributed by atoms with Crippen molar-refractivity contribution in [2.45, 2.75) is 0 Å². The number of hydrogen-bond donors (Lipinski definition) is 1. The fraction of sp³-hybridized carbons (Fsp3) is 0. The van der Waals surface area contributed by atoms with Crippen molar-refractivity contribution >= 4 is 27.8 Å². The van der Waals surface area contributed by atoms with Gasteiger partial charge >= 0.3 is 5.97 Å². The Morgan fingerprint density at radius 1 is 0.913 bits per heavy atom. The standard InChI is InChI=1S/C19H12N2O2/c22-19(23)15-9-4-10-16-18(15)20-11-17(21-16)14-8-3-6-12-5-1-2-7-13(12)14/h1-11H,(H,22,23). The highest BCUT2D eigenvalue weighted by molar-refractivity contribution is 6.01. The van der Waals surface area contributed by atoms with Crippen molar-refractivity contribution in [2.75, 3.05) is 0 Å². The molecule has 0 radical (unpaired) electrons. The molecule has 4 nitrogen and oxygen atoms in total. The van der Waals surface area contributed by atoms with Crippen LogP contribution in [0.4, 0.5) is 0 Å². The monoisotopic (exact) mass is 300 g/mol. The Morgan fingerprint density at radius 3 is 2.57 bits per heavy atom. The van der Waals surface area contributed by atoms with Gasteiger partial charge in [0.25, 0.3) is 0 Å². The molecule has 0 amide bonds. The van der Waals surface area contributed by atoms with Gasteiger partial charge in [-0.25, -0.2) is 9.78 Å². The highest BCUT2D eigenvalue weighted by Crippen LogP contribution is 2.28. The van der Waals surface area contributed by atoms with Crippen molar-refractivity contribution in [2.24, 2.45) is 0 Å². The minimum Gasteiger partial charge on any atom is -0.478 e. The number of nitrogens with zero attached hydrogens (tertiary/aromatic N) is 2. The maximum absolute atomic E-state index is 11.3. The molecule has 4 rings (SSSR count). The molecule has 0 saturated carbocycles. The van der Waals surface area contributed by atoms with Crippen molar-refractivity contribution in [1.29, 1.82) is 0 Å². The van der Waals surface area contributed by atoms with E-state index >= 15 is 0 Å². The molecule has 1 N–H and O–H groups in total. The van der Waals surface area contributed by atoms with Gasteiger partial charge in [-0.1, -0.05) is 48.5 Å². The SMILES string of the molecule is O=C(O)c1cccc2nc(-c3cccc4ccccc34)cnc12. The molecule has 0 aliphatic rings. The van der Waals surface area contributed by atoms with E-state index in [4.69, 9.17) is 0 Å². The number of rotatable bonds is 2. The molecule has 0 unspecified atom stereocenters. The summed E-state index contributed by atoms with van der Waals surface area (Å²) in [7, 11) is 0. The second kappa shape index (κ2) is 5.18. The van der Waals surface area contributed by atoms with Gasteiger partial charge in [-0.3, -0.25) is 4.98 Å². The normalized spacial score (nSPS) is 11.0. The second-order valence-electron chi connectivity index (χ2n) is 5.26. The van der Waals surface area contributed by atoms with Gasteiger partial charge in [-0.15, -0.1) is 0 Å². The van der Waals surface area contributed by atoms with Crippen LogP contribution in [0.1, 0.15) is 10.4 Å². The van der Waals surface area contributed by atoms with Crippen molar-refractivity contribution in [1.82, 2.24) is 9.97 Å². The predicted octanol–water partition coefficient (Wildman–Crippen LogP) is 4.15. The first kappa shape index (κ1) is 13.4. The summed E-state index contributed by atoms with van der Waals surface area (Å²) in [4.78, 5) is 20.2. The van der Waals surface area contributed by atoms with Crippen LogP contribution in [0.2, 0.25) is 0 Å². The third kappa shape index (κ3) is 2.21. The van der Waals surface area contributed by atoms with Crippen LogP contribution in [0.3, 0.4) is 0 Å². The summed E-state index contributed by atoms with van der Waals surface area (Å²) in [5.41, 5.74) is 2.87. The average Bonchev–Trinajstić information content (AvgIpc) is 2.60. The molecule has 23 heavy (non-hydrogen) atoms. The molecular weight excluding hydrogens is 288 g/mol. The molecule has 4 aromatic rings. The van der Waals surface area contributed by atoms with Gasteiger partial charge in [0.1, 0.15) is 5.52 Å². The first-order valence-corrected chi connectivity index (χ1v) is 7.21. The van der Waals surface area contributed by atoms with Crippen molar-refractivity contribution in [3.8, 4) is 11.3 Å². The van der Waals surface area contributed by atoms with E-state index in [0.29, 0.717) is 11.0 Å². The Bertz CT molecular complexity index is 1050. The number of carboxylic acids is 1. The summed E-state index contributed by atoms with van der Waals surface area (Å²) in [6.45, 7) is 0. The van der Waals surface area contributed by atoms with Crippen molar-refractivity contribution < 1.29 is 9.90 Å². The van der Waals surface area contributed by atoms with Gasteiger partial charge in [-0.05, 0) is 22.9 Å². The van der Waals surface area contributed by atoms with E-state index in [-0.39, 0.29) is 5.56 Å². The zero-order valence-corrected chi connectivity index (χ0v) is 12.1. The van der Waals surface area contributed by atoms with Crippen LogP contribution >= 0.6 is 0 Å². The van der Waals surface area contributed by atoms with Crippen LogP contribution in [0.25, 0.3) is 33.1 Å². The number of fused-ring (bicyclic) bond motifs is 2. The van der Waals surface area contributed by atoms with E-state index in [1.54, 1.807) is 18.3 Å². The van der Waals surface area contributed by atoms with Gasteiger partial charge in [-0.2, -0.15) is 0 Å². The minimum absolute atomic E-state index is 0.166. The summed E-state index contributed by atoms with van der Waals surface area (Å²) in [5.74, 6) is -0.997. The molecule has 4 heteroatoms. The van der Waals surface area contributed by atoms with Crippen LogP contribution in [0, 0.1) is 0 Å². The molecule has 0 fully saturated rings. The Balaban J connectivity index is 1.97. The number of para-hydroxylation sites is 1. The molecule has 0 bridgehead atoms. The van der Waals surface area contributed by atoms with E-state index in [0.717, 1.165) is 22.0 Å². The van der Waals surface area contributed by atoms with E-state index in [1.165, 1.54) is 6.07 Å². The van der Waals surface area contributed by atoms with Gasteiger partial charge in [0.05, 0.1) is 23.0 Å². The average molecular weight is 300 g/mol. The summed E-state index contributed by atoms with van der Waals surface area (Å²) in [5, 5.41) is 11.5. The lowest BCUT2D eigenvalue weighted by molar-refractivity contribution is 0.0699. The highest BCUT2D eigenvalue weighted by Gasteiger charge is 2.12. The Hall–Kier alpha value is -3.27. The third-order valence-electron chi connectivity index (χ3n) is 3.87. The highest BCUT2D eigenvalue weighted by atomic mass is 16.4. The zero-order chi connectivity index (χ0) is 15.8. The first-order chi connectivity index (χ1) is 11.2. The maximum atomic E-state index is 11.3. The van der Waals surface area contributed by atoms with E-state index in [9.17, 15) is 9.90 Å².